The van der Waals surface area contributed by atoms with Crippen molar-refractivity contribution >= 4 is 18.1 Å². The Balaban J connectivity index is 2.21. The molecule has 5 nitrogen and oxygen atoms in total. The van der Waals surface area contributed by atoms with E-state index in [1.807, 2.05) is 45.2 Å². The van der Waals surface area contributed by atoms with Gasteiger partial charge in [0.1, 0.15) is 6.07 Å². The van der Waals surface area contributed by atoms with Crippen LogP contribution in [0.25, 0.3) is 5.57 Å². The number of aromatic nitrogens is 2. The summed E-state index contributed by atoms with van der Waals surface area (Å²) in [6.07, 6.45) is 10.8. The molecule has 5 heteroatoms. The van der Waals surface area contributed by atoms with E-state index in [0.29, 0.717) is 5.82 Å². The van der Waals surface area contributed by atoms with E-state index < -0.39 is 10.8 Å². The first-order valence-corrected chi connectivity index (χ1v) is 9.12. The van der Waals surface area contributed by atoms with Gasteiger partial charge in [-0.15, -0.1) is 0 Å². The van der Waals surface area contributed by atoms with Crippen molar-refractivity contribution in [1.29, 1.82) is 5.26 Å². The van der Waals surface area contributed by atoms with E-state index in [9.17, 15) is 10.1 Å². The van der Waals surface area contributed by atoms with Crippen LogP contribution in [-0.4, -0.2) is 22.5 Å². The lowest BCUT2D eigenvalue weighted by Crippen LogP contribution is -2.51. The number of hydrogen-bond acceptors (Lipinski definition) is 5. The van der Waals surface area contributed by atoms with E-state index in [2.05, 4.69) is 29.7 Å². The molecule has 0 amide bonds. The second-order valence-electron chi connectivity index (χ2n) is 7.90. The number of hydrogen-bond donors (Lipinski definition) is 0. The van der Waals surface area contributed by atoms with Crippen LogP contribution >= 0.6 is 0 Å². The predicted octanol–water partition coefficient (Wildman–Crippen LogP) is 3.97. The first kappa shape index (κ1) is 18.9. The monoisotopic (exact) mass is 360 g/mol. The maximum absolute atomic E-state index is 12.8. The number of aryl methyl sites for hydroxylation is 1. The Labute approximate surface area is 160 Å². The molecule has 0 saturated heterocycles. The Kier molecular flexibility index (Phi) is 4.69. The minimum absolute atomic E-state index is 0.0701. The number of rotatable bonds is 3. The minimum Gasteiger partial charge on any atom is -0.293 e. The third-order valence-electron chi connectivity index (χ3n) is 6.00. The largest absolute Gasteiger partial charge is 0.293 e. The molecule has 0 saturated carbocycles. The Morgan fingerprint density at radius 2 is 2.19 bits per heavy atom. The van der Waals surface area contributed by atoms with E-state index in [-0.39, 0.29) is 17.3 Å². The molecule has 0 aromatic carbocycles. The molecule has 138 valence electrons. The average molecular weight is 360 g/mol. The first-order chi connectivity index (χ1) is 12.8. The molecule has 2 aliphatic carbocycles. The van der Waals surface area contributed by atoms with Crippen molar-refractivity contribution in [2.45, 2.75) is 46.0 Å². The number of ketones is 1. The number of carbonyl (C=O) groups excluding carboxylic acids is 1. The number of aliphatic imine (C=N–C) groups is 1. The van der Waals surface area contributed by atoms with Crippen molar-refractivity contribution in [3.05, 3.63) is 53.3 Å². The van der Waals surface area contributed by atoms with Gasteiger partial charge in [-0.2, -0.15) is 5.26 Å². The molecule has 27 heavy (non-hydrogen) atoms. The van der Waals surface area contributed by atoms with Gasteiger partial charge in [0.2, 0.25) is 0 Å². The highest BCUT2D eigenvalue weighted by Gasteiger charge is 2.54. The molecule has 1 aromatic heterocycles. The van der Waals surface area contributed by atoms with Crippen molar-refractivity contribution in [3.8, 4) is 6.07 Å². The summed E-state index contributed by atoms with van der Waals surface area (Å²) < 4.78 is 0. The van der Waals surface area contributed by atoms with Crippen molar-refractivity contribution in [2.24, 2.45) is 16.3 Å². The highest BCUT2D eigenvalue weighted by Crippen LogP contribution is 2.54. The van der Waals surface area contributed by atoms with Gasteiger partial charge in [-0.25, -0.2) is 9.97 Å². The fourth-order valence-electron chi connectivity index (χ4n) is 4.63. The van der Waals surface area contributed by atoms with E-state index in [4.69, 9.17) is 4.98 Å². The molecular weight excluding hydrogens is 336 g/mol. The summed E-state index contributed by atoms with van der Waals surface area (Å²) in [6, 6.07) is 2.10. The van der Waals surface area contributed by atoms with E-state index >= 15 is 0 Å². The minimum atomic E-state index is -0.604. The molecule has 1 heterocycles. The summed E-state index contributed by atoms with van der Waals surface area (Å²) >= 11 is 0. The lowest BCUT2D eigenvalue weighted by molar-refractivity contribution is -0.128. The number of nitriles is 1. The summed E-state index contributed by atoms with van der Waals surface area (Å²) in [5.74, 6) is 0.628. The van der Waals surface area contributed by atoms with E-state index in [0.717, 1.165) is 29.7 Å². The molecule has 0 aliphatic heterocycles. The number of nitrogens with zero attached hydrogens (tertiary/aromatic N) is 4. The summed E-state index contributed by atoms with van der Waals surface area (Å²) in [5.41, 5.74) is 2.00. The average Bonchev–Trinajstić information content (AvgIpc) is 2.65. The van der Waals surface area contributed by atoms with Gasteiger partial charge >= 0.3 is 0 Å². The molecule has 0 fully saturated rings. The van der Waals surface area contributed by atoms with Crippen LogP contribution in [0.15, 0.2) is 41.2 Å². The molecule has 2 aliphatic rings. The van der Waals surface area contributed by atoms with Crippen LogP contribution in [0.4, 0.5) is 0 Å². The fourth-order valence-corrected chi connectivity index (χ4v) is 4.63. The van der Waals surface area contributed by atoms with Gasteiger partial charge in [0.25, 0.3) is 0 Å². The van der Waals surface area contributed by atoms with Gasteiger partial charge in [-0.3, -0.25) is 9.79 Å². The topological polar surface area (TPSA) is 79.0 Å². The zero-order valence-electron chi connectivity index (χ0n) is 16.3. The molecule has 0 radical (unpaired) electrons. The smallest absolute Gasteiger partial charge is 0.178 e. The Hall–Kier alpha value is -2.87. The first-order valence-electron chi connectivity index (χ1n) is 9.12. The summed E-state index contributed by atoms with van der Waals surface area (Å²) in [6.45, 7) is 11.4. The summed E-state index contributed by atoms with van der Waals surface area (Å²) in [7, 11) is 0. The van der Waals surface area contributed by atoms with Crippen molar-refractivity contribution in [1.82, 2.24) is 9.97 Å². The van der Waals surface area contributed by atoms with Gasteiger partial charge in [0.05, 0.1) is 11.3 Å². The molecule has 0 spiro atoms. The fraction of sp³-hybridized carbons (Fsp3) is 0.409. The van der Waals surface area contributed by atoms with E-state index in [1.165, 1.54) is 0 Å². The van der Waals surface area contributed by atoms with Crippen LogP contribution < -0.4 is 0 Å². The van der Waals surface area contributed by atoms with Crippen LogP contribution in [0.5, 0.6) is 0 Å². The zero-order chi connectivity index (χ0) is 19.8. The normalized spacial score (nSPS) is 26.8. The number of allylic oxidation sites excluding steroid dienone is 5. The van der Waals surface area contributed by atoms with Gasteiger partial charge < -0.3 is 0 Å². The molecule has 0 bridgehead atoms. The van der Waals surface area contributed by atoms with Gasteiger partial charge in [-0.1, -0.05) is 32.9 Å². The SMILES string of the molecule is C=N/C=C\C(=C/C)c1ncc2c(n1)[C@@]1(C)C=C(C#N)C(=O)C(C)(C)[C@@H]1CC2. The van der Waals surface area contributed by atoms with Crippen molar-refractivity contribution < 1.29 is 4.79 Å². The van der Waals surface area contributed by atoms with Crippen LogP contribution in [0.3, 0.4) is 0 Å². The molecule has 0 unspecified atom stereocenters. The van der Waals surface area contributed by atoms with Crippen LogP contribution in [0.2, 0.25) is 0 Å². The molecule has 3 rings (SSSR count). The summed E-state index contributed by atoms with van der Waals surface area (Å²) in [5, 5.41) is 9.52. The second kappa shape index (κ2) is 6.70. The van der Waals surface area contributed by atoms with Crippen LogP contribution in [0.1, 0.15) is 51.2 Å². The second-order valence-corrected chi connectivity index (χ2v) is 7.90. The standard InChI is InChI=1S/C22H24N4O/c1-6-14(9-10-24-5)20-25-13-15-7-8-17-21(2,3)19(27)16(12-23)11-22(17,4)18(15)26-20/h6,9-11,13,17H,5,7-8H2,1-4H3/b10-9-,14-6+/t17-,22-/m0/s1. The third kappa shape index (κ3) is 2.86. The molecule has 2 atom stereocenters. The molecule has 0 N–H and O–H groups in total. The van der Waals surface area contributed by atoms with Gasteiger partial charge in [0, 0.05) is 28.8 Å². The number of Topliss-reactive ketones (excluding diaryl/α,β-unsaturated/α-hetero) is 1. The quantitative estimate of drug-likeness (QED) is 0.603. The predicted molar refractivity (Wildman–Crippen MR) is 106 cm³/mol. The highest BCUT2D eigenvalue weighted by molar-refractivity contribution is 6.04. The zero-order valence-corrected chi connectivity index (χ0v) is 16.3. The Morgan fingerprint density at radius 3 is 2.81 bits per heavy atom. The highest BCUT2D eigenvalue weighted by atomic mass is 16.1. The van der Waals surface area contributed by atoms with Gasteiger partial charge in [0.15, 0.2) is 11.6 Å². The Bertz CT molecular complexity index is 946. The number of fused-ring (bicyclic) bond motifs is 3. The van der Waals surface area contributed by atoms with Crippen LogP contribution in [-0.2, 0) is 16.6 Å². The maximum Gasteiger partial charge on any atom is 0.178 e. The van der Waals surface area contributed by atoms with Gasteiger partial charge in [-0.05, 0) is 44.0 Å². The van der Waals surface area contributed by atoms with Crippen LogP contribution in [0, 0.1) is 22.7 Å². The summed E-state index contributed by atoms with van der Waals surface area (Å²) in [4.78, 5) is 25.9. The molecule has 1 aromatic rings. The van der Waals surface area contributed by atoms with Crippen molar-refractivity contribution in [2.75, 3.05) is 0 Å². The molecular formula is C22H24N4O. The lowest BCUT2D eigenvalue weighted by Gasteiger charge is -2.50. The Morgan fingerprint density at radius 1 is 1.44 bits per heavy atom. The number of carbonyl (C=O) groups is 1. The van der Waals surface area contributed by atoms with E-state index in [1.54, 1.807) is 6.20 Å². The lowest BCUT2D eigenvalue weighted by atomic mass is 9.52. The maximum atomic E-state index is 12.8. The van der Waals surface area contributed by atoms with Crippen molar-refractivity contribution in [3.63, 3.8) is 0 Å². The third-order valence-corrected chi connectivity index (χ3v) is 6.00.